The number of nitrogens with one attached hydrogen (secondary N) is 1. The minimum Gasteiger partial charge on any atom is -0.466 e. The number of ether oxygens (including phenoxy) is 2. The Balaban J connectivity index is 1.50. The van der Waals surface area contributed by atoms with Crippen LogP contribution in [0.2, 0.25) is 0 Å². The van der Waals surface area contributed by atoms with Crippen molar-refractivity contribution in [3.8, 4) is 0 Å². The van der Waals surface area contributed by atoms with Crippen LogP contribution in [0.4, 0.5) is 32.0 Å². The Morgan fingerprint density at radius 1 is 0.918 bits per heavy atom. The maximum atomic E-state index is 14.4. The van der Waals surface area contributed by atoms with Crippen LogP contribution in [0.15, 0.2) is 52.3 Å². The molecule has 0 bridgehead atoms. The molecule has 15 heteroatoms. The Kier molecular flexibility index (Phi) is 13.1. The van der Waals surface area contributed by atoms with Gasteiger partial charge in [0.2, 0.25) is 11.8 Å². The minimum absolute atomic E-state index is 0.00354. The van der Waals surface area contributed by atoms with E-state index in [1.54, 1.807) is 30.0 Å². The lowest BCUT2D eigenvalue weighted by Crippen LogP contribution is -2.43. The first kappa shape index (κ1) is 38.1. The van der Waals surface area contributed by atoms with E-state index in [2.05, 4.69) is 5.32 Å². The van der Waals surface area contributed by atoms with Crippen LogP contribution in [0.5, 0.6) is 0 Å². The van der Waals surface area contributed by atoms with Crippen LogP contribution >= 0.6 is 11.8 Å². The molecule has 2 heterocycles. The van der Waals surface area contributed by atoms with Gasteiger partial charge in [-0.3, -0.25) is 14.4 Å². The third-order valence-electron chi connectivity index (χ3n) is 8.41. The van der Waals surface area contributed by atoms with Gasteiger partial charge in [-0.05, 0) is 74.4 Å². The van der Waals surface area contributed by atoms with E-state index < -0.39 is 39.8 Å². The molecule has 0 atom stereocenters. The van der Waals surface area contributed by atoms with Crippen LogP contribution in [-0.4, -0.2) is 80.1 Å². The van der Waals surface area contributed by atoms with Gasteiger partial charge in [-0.25, -0.2) is 0 Å². The van der Waals surface area contributed by atoms with Crippen LogP contribution in [0.3, 0.4) is 0 Å². The number of benzene rings is 2. The molecule has 2 saturated heterocycles. The van der Waals surface area contributed by atoms with Gasteiger partial charge < -0.3 is 24.6 Å². The average Bonchev–Trinajstić information content (AvgIpc) is 3.04. The number of methoxy groups -OCH3 is 1. The van der Waals surface area contributed by atoms with Crippen LogP contribution in [0, 0.1) is 5.92 Å². The van der Waals surface area contributed by atoms with E-state index in [0.29, 0.717) is 61.1 Å². The summed E-state index contributed by atoms with van der Waals surface area (Å²) in [6.07, 6.45) is -6.66. The lowest BCUT2D eigenvalue weighted by Gasteiger charge is -2.32. The number of amides is 2. The van der Waals surface area contributed by atoms with Gasteiger partial charge in [0.1, 0.15) is 6.61 Å². The highest BCUT2D eigenvalue weighted by Gasteiger charge is 2.46. The number of hydrogen-bond donors (Lipinski definition) is 1. The third kappa shape index (κ3) is 10.6. The minimum atomic E-state index is -5.38. The Hall–Kier alpha value is -3.72. The SMILES string of the molecule is CCOC(=O)CC1CCN(C(=O)C=Cc2ccc(Sc3cccc(NC4CCN(C(=O)COC)CC4)c3)c(C(F)(F)F)c2C(F)(F)F)CC1. The number of likely N-dealkylation sites (tertiary alicyclic amines) is 2. The molecule has 0 spiro atoms. The zero-order valence-corrected chi connectivity index (χ0v) is 28.0. The summed E-state index contributed by atoms with van der Waals surface area (Å²) in [5, 5.41) is 3.31. The molecule has 4 rings (SSSR count). The van der Waals surface area contributed by atoms with Gasteiger partial charge in [0.15, 0.2) is 0 Å². The Labute approximate surface area is 285 Å². The van der Waals surface area contributed by atoms with Gasteiger partial charge in [0.05, 0.1) is 17.7 Å². The summed E-state index contributed by atoms with van der Waals surface area (Å²) in [6.45, 7) is 3.45. The summed E-state index contributed by atoms with van der Waals surface area (Å²) in [5.74, 6) is -1.10. The molecular formula is C34H39F6N3O5S. The van der Waals surface area contributed by atoms with Crippen molar-refractivity contribution in [2.45, 2.75) is 67.2 Å². The molecule has 49 heavy (non-hydrogen) atoms. The van der Waals surface area contributed by atoms with Crippen molar-refractivity contribution in [1.29, 1.82) is 0 Å². The lowest BCUT2D eigenvalue weighted by atomic mass is 9.93. The van der Waals surface area contributed by atoms with Crippen molar-refractivity contribution < 1.29 is 50.2 Å². The first-order valence-electron chi connectivity index (χ1n) is 15.9. The van der Waals surface area contributed by atoms with Crippen molar-refractivity contribution in [3.05, 3.63) is 59.2 Å². The number of piperidine rings is 2. The molecule has 2 aliphatic rings. The second-order valence-corrected chi connectivity index (χ2v) is 13.0. The highest BCUT2D eigenvalue weighted by molar-refractivity contribution is 7.99. The molecule has 2 aliphatic heterocycles. The van der Waals surface area contributed by atoms with E-state index in [9.17, 15) is 40.7 Å². The molecule has 0 unspecified atom stereocenters. The predicted octanol–water partition coefficient (Wildman–Crippen LogP) is 7.13. The number of carbonyl (C=O) groups is 3. The summed E-state index contributed by atoms with van der Waals surface area (Å²) >= 11 is 0.561. The van der Waals surface area contributed by atoms with Crippen molar-refractivity contribution in [3.63, 3.8) is 0 Å². The molecule has 2 amide bonds. The predicted molar refractivity (Wildman–Crippen MR) is 172 cm³/mol. The maximum absolute atomic E-state index is 14.4. The standard InChI is InChI=1S/C34H39F6N3O5S/c1-3-48-30(46)19-22-11-15-42(16-12-22)28(44)10-8-23-7-9-27(32(34(38,39)40)31(23)33(35,36)37)49-26-6-4-5-25(20-26)41-24-13-17-43(18-14-24)29(45)21-47-2/h4-10,20,22,24,41H,3,11-19,21H2,1-2H3. The van der Waals surface area contributed by atoms with E-state index in [-0.39, 0.29) is 56.6 Å². The first-order chi connectivity index (χ1) is 23.2. The summed E-state index contributed by atoms with van der Waals surface area (Å²) in [4.78, 5) is 39.4. The van der Waals surface area contributed by atoms with Gasteiger partial charge in [-0.15, -0.1) is 0 Å². The van der Waals surface area contributed by atoms with E-state index in [0.717, 1.165) is 24.3 Å². The van der Waals surface area contributed by atoms with Crippen molar-refractivity contribution in [2.75, 3.05) is 51.8 Å². The van der Waals surface area contributed by atoms with E-state index in [4.69, 9.17) is 9.47 Å². The zero-order valence-electron chi connectivity index (χ0n) is 27.2. The smallest absolute Gasteiger partial charge is 0.418 e. The topological polar surface area (TPSA) is 88.2 Å². The Morgan fingerprint density at radius 3 is 2.18 bits per heavy atom. The zero-order chi connectivity index (χ0) is 35.8. The van der Waals surface area contributed by atoms with Crippen molar-refractivity contribution in [2.24, 2.45) is 5.92 Å². The number of esters is 1. The van der Waals surface area contributed by atoms with Gasteiger partial charge in [-0.1, -0.05) is 23.9 Å². The third-order valence-corrected chi connectivity index (χ3v) is 9.46. The number of carbonyl (C=O) groups excluding carboxylic acids is 3. The molecular weight excluding hydrogens is 676 g/mol. The highest BCUT2D eigenvalue weighted by atomic mass is 32.2. The second-order valence-electron chi connectivity index (χ2n) is 11.9. The summed E-state index contributed by atoms with van der Waals surface area (Å²) in [7, 11) is 1.44. The molecule has 2 aromatic rings. The largest absolute Gasteiger partial charge is 0.466 e. The van der Waals surface area contributed by atoms with E-state index in [1.165, 1.54) is 18.1 Å². The highest BCUT2D eigenvalue weighted by Crippen LogP contribution is 2.48. The molecule has 2 aromatic carbocycles. The number of halogens is 6. The molecule has 0 saturated carbocycles. The fourth-order valence-corrected chi connectivity index (χ4v) is 7.03. The number of alkyl halides is 6. The van der Waals surface area contributed by atoms with Crippen molar-refractivity contribution >= 4 is 41.3 Å². The monoisotopic (exact) mass is 715 g/mol. The molecule has 0 radical (unpaired) electrons. The number of hydrogen-bond acceptors (Lipinski definition) is 7. The molecule has 8 nitrogen and oxygen atoms in total. The second kappa shape index (κ2) is 16.8. The first-order valence-corrected chi connectivity index (χ1v) is 16.8. The van der Waals surface area contributed by atoms with Gasteiger partial charge in [-0.2, -0.15) is 26.3 Å². The van der Waals surface area contributed by atoms with E-state index >= 15 is 0 Å². The van der Waals surface area contributed by atoms with Gasteiger partial charge in [0.25, 0.3) is 0 Å². The summed E-state index contributed by atoms with van der Waals surface area (Å²) in [6, 6.07) is 8.31. The molecule has 0 aromatic heterocycles. The summed E-state index contributed by atoms with van der Waals surface area (Å²) in [5.41, 5.74) is -3.89. The fourth-order valence-electron chi connectivity index (χ4n) is 5.99. The van der Waals surface area contributed by atoms with Crippen LogP contribution < -0.4 is 5.32 Å². The normalized spacial score (nSPS) is 16.7. The molecule has 0 aliphatic carbocycles. The van der Waals surface area contributed by atoms with Crippen LogP contribution in [0.25, 0.3) is 6.08 Å². The fraction of sp³-hybridized carbons (Fsp3) is 0.500. The van der Waals surface area contributed by atoms with Gasteiger partial charge >= 0.3 is 18.3 Å². The molecule has 268 valence electrons. The van der Waals surface area contributed by atoms with Crippen LogP contribution in [-0.2, 0) is 36.2 Å². The lowest BCUT2D eigenvalue weighted by molar-refractivity contribution is -0.163. The Morgan fingerprint density at radius 2 is 1.57 bits per heavy atom. The van der Waals surface area contributed by atoms with Gasteiger partial charge in [0, 0.05) is 67.3 Å². The quantitative estimate of drug-likeness (QED) is 0.151. The average molecular weight is 716 g/mol. The van der Waals surface area contributed by atoms with E-state index in [1.807, 2.05) is 0 Å². The van der Waals surface area contributed by atoms with Crippen LogP contribution in [0.1, 0.15) is 55.7 Å². The molecule has 2 fully saturated rings. The molecule has 1 N–H and O–H groups in total. The number of rotatable bonds is 11. The number of nitrogens with zero attached hydrogens (tertiary/aromatic N) is 2. The number of anilines is 1. The maximum Gasteiger partial charge on any atom is 0.418 e. The Bertz CT molecular complexity index is 1500. The van der Waals surface area contributed by atoms with Crippen molar-refractivity contribution in [1.82, 2.24) is 9.80 Å². The summed E-state index contributed by atoms with van der Waals surface area (Å²) < 4.78 is 96.2.